The van der Waals surface area contributed by atoms with Gasteiger partial charge >= 0.3 is 0 Å². The summed E-state index contributed by atoms with van der Waals surface area (Å²) in [6, 6.07) is 11.4. The van der Waals surface area contributed by atoms with E-state index < -0.39 is 0 Å². The number of benzene rings is 2. The summed E-state index contributed by atoms with van der Waals surface area (Å²) in [5, 5.41) is 5.20. The van der Waals surface area contributed by atoms with Crippen LogP contribution in [0, 0.1) is 19.7 Å². The first-order valence-electron chi connectivity index (χ1n) is 7.32. The van der Waals surface area contributed by atoms with E-state index in [2.05, 4.69) is 10.6 Å². The van der Waals surface area contributed by atoms with Crippen molar-refractivity contribution in [3.63, 3.8) is 0 Å². The van der Waals surface area contributed by atoms with Crippen molar-refractivity contribution in [3.05, 3.63) is 70.5 Å². The van der Waals surface area contributed by atoms with Crippen LogP contribution in [0.25, 0.3) is 0 Å². The molecule has 2 amide bonds. The molecular formula is C18H19FN2O2. The molecule has 0 fully saturated rings. The SMILES string of the molecule is Cc1ccc(C(=O)NCC(=O)NCc2cccc(F)c2)cc1C. The molecule has 2 rings (SSSR count). The van der Waals surface area contributed by atoms with E-state index in [0.717, 1.165) is 11.1 Å². The zero-order chi connectivity index (χ0) is 16.8. The van der Waals surface area contributed by atoms with Crippen LogP contribution in [0.5, 0.6) is 0 Å². The molecule has 0 radical (unpaired) electrons. The average molecular weight is 314 g/mol. The van der Waals surface area contributed by atoms with Crippen molar-refractivity contribution in [2.24, 2.45) is 0 Å². The highest BCUT2D eigenvalue weighted by Gasteiger charge is 2.09. The molecule has 0 saturated heterocycles. The maximum Gasteiger partial charge on any atom is 0.251 e. The summed E-state index contributed by atoms with van der Waals surface area (Å²) in [6.45, 7) is 3.99. The lowest BCUT2D eigenvalue weighted by atomic mass is 10.1. The molecule has 120 valence electrons. The monoisotopic (exact) mass is 314 g/mol. The van der Waals surface area contributed by atoms with E-state index in [1.54, 1.807) is 24.3 Å². The highest BCUT2D eigenvalue weighted by molar-refractivity contribution is 5.96. The quantitative estimate of drug-likeness (QED) is 0.891. The summed E-state index contributed by atoms with van der Waals surface area (Å²) in [6.07, 6.45) is 0. The number of rotatable bonds is 5. The summed E-state index contributed by atoms with van der Waals surface area (Å²) in [7, 11) is 0. The van der Waals surface area contributed by atoms with Crippen LogP contribution >= 0.6 is 0 Å². The van der Waals surface area contributed by atoms with Crippen LogP contribution < -0.4 is 10.6 Å². The molecule has 0 saturated carbocycles. The number of halogens is 1. The summed E-state index contributed by atoms with van der Waals surface area (Å²) in [4.78, 5) is 23.7. The highest BCUT2D eigenvalue weighted by Crippen LogP contribution is 2.09. The highest BCUT2D eigenvalue weighted by atomic mass is 19.1. The minimum atomic E-state index is -0.347. The first-order valence-corrected chi connectivity index (χ1v) is 7.32. The molecule has 0 bridgehead atoms. The fourth-order valence-corrected chi connectivity index (χ4v) is 2.06. The number of aryl methyl sites for hydroxylation is 2. The maximum absolute atomic E-state index is 13.0. The largest absolute Gasteiger partial charge is 0.350 e. The van der Waals surface area contributed by atoms with Crippen molar-refractivity contribution >= 4 is 11.8 Å². The smallest absolute Gasteiger partial charge is 0.251 e. The second-order valence-corrected chi connectivity index (χ2v) is 5.39. The van der Waals surface area contributed by atoms with E-state index in [0.29, 0.717) is 11.1 Å². The van der Waals surface area contributed by atoms with Gasteiger partial charge in [0.15, 0.2) is 0 Å². The Balaban J connectivity index is 1.81. The van der Waals surface area contributed by atoms with Crippen molar-refractivity contribution in [2.75, 3.05) is 6.54 Å². The fraction of sp³-hybridized carbons (Fsp3) is 0.222. The van der Waals surface area contributed by atoms with Gasteiger partial charge in [0, 0.05) is 12.1 Å². The lowest BCUT2D eigenvalue weighted by Crippen LogP contribution is -2.36. The number of hydrogen-bond acceptors (Lipinski definition) is 2. The van der Waals surface area contributed by atoms with Crippen molar-refractivity contribution < 1.29 is 14.0 Å². The number of carbonyl (C=O) groups excluding carboxylic acids is 2. The Morgan fingerprint density at radius 2 is 1.78 bits per heavy atom. The second-order valence-electron chi connectivity index (χ2n) is 5.39. The molecule has 0 spiro atoms. The Hall–Kier alpha value is -2.69. The summed E-state index contributed by atoms with van der Waals surface area (Å²) < 4.78 is 13.0. The Bertz CT molecular complexity index is 729. The molecule has 0 aliphatic rings. The summed E-state index contributed by atoms with van der Waals surface area (Å²) in [5.41, 5.74) is 3.31. The Morgan fingerprint density at radius 1 is 1.00 bits per heavy atom. The van der Waals surface area contributed by atoms with Crippen LogP contribution in [0.2, 0.25) is 0 Å². The Morgan fingerprint density at radius 3 is 2.48 bits per heavy atom. The maximum atomic E-state index is 13.0. The molecular weight excluding hydrogens is 295 g/mol. The van der Waals surface area contributed by atoms with Crippen molar-refractivity contribution in [3.8, 4) is 0 Å². The third-order valence-corrected chi connectivity index (χ3v) is 3.56. The molecule has 2 N–H and O–H groups in total. The van der Waals surface area contributed by atoms with Crippen LogP contribution in [0.1, 0.15) is 27.0 Å². The minimum absolute atomic E-state index is 0.124. The van der Waals surface area contributed by atoms with E-state index in [9.17, 15) is 14.0 Å². The van der Waals surface area contributed by atoms with Crippen molar-refractivity contribution in [1.29, 1.82) is 0 Å². The Labute approximate surface area is 134 Å². The molecule has 0 atom stereocenters. The first-order chi connectivity index (χ1) is 11.0. The third kappa shape index (κ3) is 4.92. The van der Waals surface area contributed by atoms with E-state index in [1.807, 2.05) is 19.9 Å². The molecule has 4 nitrogen and oxygen atoms in total. The molecule has 5 heteroatoms. The van der Waals surface area contributed by atoms with Gasteiger partial charge in [-0.05, 0) is 54.8 Å². The van der Waals surface area contributed by atoms with E-state index in [1.165, 1.54) is 12.1 Å². The molecule has 0 heterocycles. The lowest BCUT2D eigenvalue weighted by molar-refractivity contribution is -0.120. The number of amides is 2. The fourth-order valence-electron chi connectivity index (χ4n) is 2.06. The Kier molecular flexibility index (Phi) is 5.46. The lowest BCUT2D eigenvalue weighted by Gasteiger charge is -2.08. The van der Waals surface area contributed by atoms with Gasteiger partial charge in [-0.3, -0.25) is 9.59 Å². The van der Waals surface area contributed by atoms with Crippen LogP contribution in [0.15, 0.2) is 42.5 Å². The van der Waals surface area contributed by atoms with Gasteiger partial charge < -0.3 is 10.6 Å². The molecule has 2 aromatic carbocycles. The zero-order valence-corrected chi connectivity index (χ0v) is 13.2. The molecule has 0 aliphatic heterocycles. The third-order valence-electron chi connectivity index (χ3n) is 3.56. The van der Waals surface area contributed by atoms with Crippen LogP contribution in [0.4, 0.5) is 4.39 Å². The predicted octanol–water partition coefficient (Wildman–Crippen LogP) is 2.49. The molecule has 2 aromatic rings. The van der Waals surface area contributed by atoms with Gasteiger partial charge in [-0.15, -0.1) is 0 Å². The van der Waals surface area contributed by atoms with Crippen LogP contribution in [-0.2, 0) is 11.3 Å². The van der Waals surface area contributed by atoms with Gasteiger partial charge in [0.1, 0.15) is 5.82 Å². The molecule has 0 aromatic heterocycles. The van der Waals surface area contributed by atoms with Gasteiger partial charge in [-0.1, -0.05) is 18.2 Å². The zero-order valence-electron chi connectivity index (χ0n) is 13.2. The van der Waals surface area contributed by atoms with Crippen molar-refractivity contribution in [2.45, 2.75) is 20.4 Å². The number of carbonyl (C=O) groups is 2. The van der Waals surface area contributed by atoms with Gasteiger partial charge in [0.05, 0.1) is 6.54 Å². The normalized spacial score (nSPS) is 10.2. The van der Waals surface area contributed by atoms with Gasteiger partial charge in [0.25, 0.3) is 5.91 Å². The predicted molar refractivity (Wildman–Crippen MR) is 86.5 cm³/mol. The summed E-state index contributed by atoms with van der Waals surface area (Å²) in [5.74, 6) is -0.972. The van der Waals surface area contributed by atoms with Crippen LogP contribution in [-0.4, -0.2) is 18.4 Å². The topological polar surface area (TPSA) is 58.2 Å². The van der Waals surface area contributed by atoms with Gasteiger partial charge in [0.2, 0.25) is 5.91 Å². The molecule has 0 unspecified atom stereocenters. The molecule has 23 heavy (non-hydrogen) atoms. The number of nitrogens with one attached hydrogen (secondary N) is 2. The van der Waals surface area contributed by atoms with E-state index in [-0.39, 0.29) is 30.7 Å². The van der Waals surface area contributed by atoms with E-state index >= 15 is 0 Å². The van der Waals surface area contributed by atoms with Gasteiger partial charge in [-0.25, -0.2) is 4.39 Å². The van der Waals surface area contributed by atoms with Crippen LogP contribution in [0.3, 0.4) is 0 Å². The first kappa shape index (κ1) is 16.7. The second kappa shape index (κ2) is 7.54. The van der Waals surface area contributed by atoms with Crippen molar-refractivity contribution in [1.82, 2.24) is 10.6 Å². The standard InChI is InChI=1S/C18H19FN2O2/c1-12-6-7-15(8-13(12)2)18(23)21-11-17(22)20-10-14-4-3-5-16(19)9-14/h3-9H,10-11H2,1-2H3,(H,20,22)(H,21,23). The molecule has 0 aliphatic carbocycles. The van der Waals surface area contributed by atoms with E-state index in [4.69, 9.17) is 0 Å². The number of hydrogen-bond donors (Lipinski definition) is 2. The minimum Gasteiger partial charge on any atom is -0.350 e. The van der Waals surface area contributed by atoms with Gasteiger partial charge in [-0.2, -0.15) is 0 Å². The summed E-state index contributed by atoms with van der Waals surface area (Å²) >= 11 is 0. The average Bonchev–Trinajstić information content (AvgIpc) is 2.53.